The van der Waals surface area contributed by atoms with Gasteiger partial charge >= 0.3 is 0 Å². The quantitative estimate of drug-likeness (QED) is 0.708. The molecular weight excluding hydrogens is 216 g/mol. The highest BCUT2D eigenvalue weighted by Gasteiger charge is 2.43. The number of hydrogen-bond donors (Lipinski definition) is 1. The maximum atomic E-state index is 13.2. The second kappa shape index (κ2) is 4.08. The first-order valence-corrected chi connectivity index (χ1v) is 6.09. The van der Waals surface area contributed by atoms with Crippen molar-refractivity contribution in [3.63, 3.8) is 0 Å². The molecule has 84 valence electrons. The molecule has 0 spiro atoms. The largest absolute Gasteiger partial charge is 0.298 e. The summed E-state index contributed by atoms with van der Waals surface area (Å²) in [7, 11) is -3.31. The first kappa shape index (κ1) is 11.8. The molecule has 0 bridgehead atoms. The first-order valence-electron chi connectivity index (χ1n) is 4.27. The Hall–Kier alpha value is -0.270. The summed E-state index contributed by atoms with van der Waals surface area (Å²) in [5, 5.41) is 0. The molecule has 0 aromatic heterocycles. The summed E-state index contributed by atoms with van der Waals surface area (Å²) in [5.74, 6) is -0.219. The van der Waals surface area contributed by atoms with Crippen LogP contribution >= 0.6 is 0 Å². The molecular formula is C7H13F2NO3S. The highest BCUT2D eigenvalue weighted by molar-refractivity contribution is 7.91. The SMILES string of the molecule is NOCC(F)(F)C1CCCS(=O)(=O)C1. The van der Waals surface area contributed by atoms with Gasteiger partial charge in [-0.15, -0.1) is 0 Å². The Balaban J connectivity index is 2.69. The molecule has 0 amide bonds. The van der Waals surface area contributed by atoms with Gasteiger partial charge in [-0.3, -0.25) is 4.84 Å². The molecule has 1 heterocycles. The van der Waals surface area contributed by atoms with E-state index in [1.807, 2.05) is 0 Å². The lowest BCUT2D eigenvalue weighted by Gasteiger charge is -2.28. The van der Waals surface area contributed by atoms with Gasteiger partial charge in [-0.2, -0.15) is 0 Å². The van der Waals surface area contributed by atoms with E-state index in [1.165, 1.54) is 0 Å². The van der Waals surface area contributed by atoms with E-state index in [0.29, 0.717) is 0 Å². The van der Waals surface area contributed by atoms with E-state index >= 15 is 0 Å². The monoisotopic (exact) mass is 229 g/mol. The van der Waals surface area contributed by atoms with Gasteiger partial charge in [0.25, 0.3) is 5.92 Å². The predicted octanol–water partition coefficient (Wildman–Crippen LogP) is 0.337. The summed E-state index contributed by atoms with van der Waals surface area (Å²) in [6, 6.07) is 0. The molecule has 14 heavy (non-hydrogen) atoms. The first-order chi connectivity index (χ1) is 6.37. The van der Waals surface area contributed by atoms with Crippen molar-refractivity contribution in [1.82, 2.24) is 0 Å². The molecule has 1 atom stereocenters. The van der Waals surface area contributed by atoms with Crippen molar-refractivity contribution >= 4 is 9.84 Å². The van der Waals surface area contributed by atoms with E-state index in [-0.39, 0.29) is 18.6 Å². The minimum Gasteiger partial charge on any atom is -0.298 e. The van der Waals surface area contributed by atoms with Gasteiger partial charge in [0.15, 0.2) is 9.84 Å². The zero-order valence-electron chi connectivity index (χ0n) is 7.58. The summed E-state index contributed by atoms with van der Waals surface area (Å²) in [5.41, 5.74) is 0. The van der Waals surface area contributed by atoms with Crippen LogP contribution in [0.15, 0.2) is 0 Å². The summed E-state index contributed by atoms with van der Waals surface area (Å²) in [6.45, 7) is -0.923. The Morgan fingerprint density at radius 1 is 1.50 bits per heavy atom. The molecule has 1 unspecified atom stereocenters. The molecule has 2 N–H and O–H groups in total. The average Bonchev–Trinajstić information content (AvgIpc) is 2.02. The average molecular weight is 229 g/mol. The van der Waals surface area contributed by atoms with Crippen LogP contribution < -0.4 is 5.90 Å². The van der Waals surface area contributed by atoms with Crippen molar-refractivity contribution in [2.24, 2.45) is 11.8 Å². The summed E-state index contributed by atoms with van der Waals surface area (Å²) in [6.07, 6.45) is 0.489. The Bertz CT molecular complexity index is 291. The normalized spacial score (nSPS) is 27.5. The van der Waals surface area contributed by atoms with Crippen LogP contribution in [0.1, 0.15) is 12.8 Å². The Labute approximate surface area is 81.3 Å². The molecule has 0 aromatic carbocycles. The van der Waals surface area contributed by atoms with Crippen LogP contribution in [-0.4, -0.2) is 32.5 Å². The Kier molecular flexibility index (Phi) is 3.44. The van der Waals surface area contributed by atoms with Crippen LogP contribution in [0.4, 0.5) is 8.78 Å². The minimum absolute atomic E-state index is 0.00304. The smallest absolute Gasteiger partial charge is 0.276 e. The fourth-order valence-electron chi connectivity index (χ4n) is 1.58. The molecule has 1 saturated heterocycles. The molecule has 0 aromatic rings. The second-order valence-corrected chi connectivity index (χ2v) is 5.75. The van der Waals surface area contributed by atoms with Crippen molar-refractivity contribution in [1.29, 1.82) is 0 Å². The lowest BCUT2D eigenvalue weighted by atomic mass is 9.98. The summed E-state index contributed by atoms with van der Waals surface area (Å²) in [4.78, 5) is 3.88. The van der Waals surface area contributed by atoms with Gasteiger partial charge in [0, 0.05) is 5.92 Å². The zero-order chi connectivity index (χ0) is 10.8. The van der Waals surface area contributed by atoms with E-state index in [2.05, 4.69) is 10.7 Å². The highest BCUT2D eigenvalue weighted by Crippen LogP contribution is 2.32. The van der Waals surface area contributed by atoms with Gasteiger partial charge < -0.3 is 0 Å². The third-order valence-electron chi connectivity index (χ3n) is 2.34. The number of hydrogen-bond acceptors (Lipinski definition) is 4. The van der Waals surface area contributed by atoms with Gasteiger partial charge in [-0.25, -0.2) is 23.1 Å². The van der Waals surface area contributed by atoms with Crippen LogP contribution in [0.25, 0.3) is 0 Å². The van der Waals surface area contributed by atoms with Crippen molar-refractivity contribution in [2.45, 2.75) is 18.8 Å². The fraction of sp³-hybridized carbons (Fsp3) is 1.00. The van der Waals surface area contributed by atoms with Gasteiger partial charge in [-0.05, 0) is 12.8 Å². The summed E-state index contributed by atoms with van der Waals surface area (Å²) < 4.78 is 48.6. The fourth-order valence-corrected chi connectivity index (χ4v) is 3.38. The van der Waals surface area contributed by atoms with E-state index in [0.717, 1.165) is 0 Å². The zero-order valence-corrected chi connectivity index (χ0v) is 8.40. The van der Waals surface area contributed by atoms with Gasteiger partial charge in [0.05, 0.1) is 11.5 Å². The summed E-state index contributed by atoms with van der Waals surface area (Å²) >= 11 is 0. The number of rotatable bonds is 3. The Morgan fingerprint density at radius 3 is 2.64 bits per heavy atom. The van der Waals surface area contributed by atoms with Crippen molar-refractivity contribution in [2.75, 3.05) is 18.1 Å². The van der Waals surface area contributed by atoms with Crippen LogP contribution in [0, 0.1) is 5.92 Å². The number of alkyl halides is 2. The predicted molar refractivity (Wildman–Crippen MR) is 46.5 cm³/mol. The van der Waals surface area contributed by atoms with Gasteiger partial charge in [0.1, 0.15) is 6.61 Å². The highest BCUT2D eigenvalue weighted by atomic mass is 32.2. The van der Waals surface area contributed by atoms with Crippen LogP contribution in [0.5, 0.6) is 0 Å². The molecule has 7 heteroatoms. The topological polar surface area (TPSA) is 69.4 Å². The van der Waals surface area contributed by atoms with E-state index in [4.69, 9.17) is 0 Å². The Morgan fingerprint density at radius 2 is 2.14 bits per heavy atom. The van der Waals surface area contributed by atoms with Crippen molar-refractivity contribution in [3.05, 3.63) is 0 Å². The third kappa shape index (κ3) is 2.86. The molecule has 1 fully saturated rings. The maximum Gasteiger partial charge on any atom is 0.276 e. The molecule has 0 aliphatic carbocycles. The van der Waals surface area contributed by atoms with E-state index in [1.54, 1.807) is 0 Å². The van der Waals surface area contributed by atoms with Crippen LogP contribution in [-0.2, 0) is 14.7 Å². The van der Waals surface area contributed by atoms with Gasteiger partial charge in [-0.1, -0.05) is 0 Å². The molecule has 0 saturated carbocycles. The third-order valence-corrected chi connectivity index (χ3v) is 4.16. The minimum atomic E-state index is -3.31. The molecule has 0 radical (unpaired) electrons. The molecule has 4 nitrogen and oxygen atoms in total. The molecule has 1 aliphatic rings. The number of halogens is 2. The standard InChI is InChI=1S/C7H13F2NO3S/c8-7(9,5-13-10)6-2-1-3-14(11,12)4-6/h6H,1-5,10H2. The number of nitrogens with two attached hydrogens (primary N) is 1. The van der Waals surface area contributed by atoms with Crippen molar-refractivity contribution < 1.29 is 22.0 Å². The number of sulfone groups is 1. The van der Waals surface area contributed by atoms with Crippen LogP contribution in [0.3, 0.4) is 0 Å². The van der Waals surface area contributed by atoms with E-state index < -0.39 is 34.0 Å². The van der Waals surface area contributed by atoms with Crippen molar-refractivity contribution in [3.8, 4) is 0 Å². The molecule has 1 rings (SSSR count). The lowest BCUT2D eigenvalue weighted by molar-refractivity contribution is -0.115. The second-order valence-electron chi connectivity index (χ2n) is 3.53. The maximum absolute atomic E-state index is 13.2. The van der Waals surface area contributed by atoms with E-state index in [9.17, 15) is 17.2 Å². The molecule has 1 aliphatic heterocycles. The van der Waals surface area contributed by atoms with Crippen LogP contribution in [0.2, 0.25) is 0 Å². The lowest BCUT2D eigenvalue weighted by Crippen LogP contribution is -2.41. The van der Waals surface area contributed by atoms with Gasteiger partial charge in [0.2, 0.25) is 0 Å².